The van der Waals surface area contributed by atoms with Gasteiger partial charge in [-0.2, -0.15) is 0 Å². The van der Waals surface area contributed by atoms with Crippen LogP contribution in [-0.2, 0) is 0 Å². The number of benzene rings is 7. The van der Waals surface area contributed by atoms with Crippen LogP contribution in [0.4, 0.5) is 34.1 Å². The monoisotopic (exact) mass is 736 g/mol. The van der Waals surface area contributed by atoms with E-state index in [1.54, 1.807) is 0 Å². The lowest BCUT2D eigenvalue weighted by molar-refractivity contribution is 1.27. The van der Waals surface area contributed by atoms with Gasteiger partial charge >= 0.3 is 0 Å². The van der Waals surface area contributed by atoms with Crippen LogP contribution in [0.15, 0.2) is 133 Å². The minimum absolute atomic E-state index is 0.0879. The summed E-state index contributed by atoms with van der Waals surface area (Å²) in [7, 11) is -4.77. The van der Waals surface area contributed by atoms with E-state index in [4.69, 9.17) is 0 Å². The molecule has 0 unspecified atom stereocenters. The van der Waals surface area contributed by atoms with Gasteiger partial charge in [-0.05, 0) is 63.6 Å². The molecular weight excluding hydrogens is 688 g/mol. The van der Waals surface area contributed by atoms with Gasteiger partial charge in [-0.25, -0.2) is 0 Å². The third-order valence-corrected chi connectivity index (χ3v) is 17.8. The highest BCUT2D eigenvalue weighted by Crippen LogP contribution is 2.47. The lowest BCUT2D eigenvalue weighted by Crippen LogP contribution is -2.62. The number of hydrogen-bond acceptors (Lipinski definition) is 2. The smallest absolute Gasteiger partial charge is 0.252 e. The molecule has 0 saturated carbocycles. The molecule has 7 aromatic carbocycles. The van der Waals surface area contributed by atoms with Gasteiger partial charge in [0, 0.05) is 44.9 Å². The minimum atomic E-state index is -1.80. The van der Waals surface area contributed by atoms with Crippen molar-refractivity contribution in [2.45, 2.75) is 58.9 Å². The second-order valence-electron chi connectivity index (χ2n) is 18.3. The van der Waals surface area contributed by atoms with Crippen molar-refractivity contribution in [3.63, 3.8) is 0 Å². The van der Waals surface area contributed by atoms with Gasteiger partial charge in [0.2, 0.25) is 0 Å². The van der Waals surface area contributed by atoms with Crippen LogP contribution in [0.25, 0.3) is 21.5 Å². The van der Waals surface area contributed by atoms with E-state index in [0.717, 1.165) is 0 Å². The van der Waals surface area contributed by atoms with Crippen LogP contribution in [-0.4, -0.2) is 30.9 Å². The van der Waals surface area contributed by atoms with E-state index < -0.39 is 24.2 Å². The van der Waals surface area contributed by atoms with E-state index in [0.29, 0.717) is 0 Å². The summed E-state index contributed by atoms with van der Waals surface area (Å²) in [5, 5.41) is 9.61. The highest BCUT2D eigenvalue weighted by molar-refractivity contribution is 7.01. The molecule has 0 N–H and O–H groups in total. The van der Waals surface area contributed by atoms with E-state index >= 15 is 0 Å². The third-order valence-electron chi connectivity index (χ3n) is 11.7. The Morgan fingerprint density at radius 1 is 0.396 bits per heavy atom. The molecule has 0 spiro atoms. The second kappa shape index (κ2) is 11.9. The maximum atomic E-state index is 2.63. The van der Waals surface area contributed by atoms with Gasteiger partial charge in [0.15, 0.2) is 0 Å². The largest absolute Gasteiger partial charge is 0.311 e. The Hall–Kier alpha value is -4.62. The van der Waals surface area contributed by atoms with Crippen molar-refractivity contribution in [1.82, 2.24) is 0 Å². The van der Waals surface area contributed by atoms with Crippen LogP contribution in [0.2, 0.25) is 58.9 Å². The van der Waals surface area contributed by atoms with Crippen LogP contribution in [0.1, 0.15) is 0 Å². The molecule has 0 bridgehead atoms. The SMILES string of the molecule is C[Si](C)(C)c1ccc(N2c3cc([Si](C)(C)C)cc4c3B(c3ccc5ccccc5c32)c2ccc3ccccc3c2N4c2ccc([Si](C)(C)C)cc2)cc1. The molecule has 2 heterocycles. The number of fused-ring (bicyclic) bond motifs is 8. The molecule has 0 aromatic heterocycles. The first kappa shape index (κ1) is 34.2. The maximum Gasteiger partial charge on any atom is 0.252 e. The molecule has 7 aromatic rings. The van der Waals surface area contributed by atoms with E-state index in [9.17, 15) is 0 Å². The Morgan fingerprint density at radius 3 is 1.15 bits per heavy atom. The maximum absolute atomic E-state index is 2.63. The first-order valence-electron chi connectivity index (χ1n) is 19.2. The summed E-state index contributed by atoms with van der Waals surface area (Å²) in [6.07, 6.45) is 0. The first-order valence-corrected chi connectivity index (χ1v) is 29.7. The van der Waals surface area contributed by atoms with Crippen LogP contribution in [0.5, 0.6) is 0 Å². The fourth-order valence-electron chi connectivity index (χ4n) is 8.71. The predicted octanol–water partition coefficient (Wildman–Crippen LogP) is 9.71. The molecular formula is C47H49BN2Si3. The molecule has 2 aliphatic heterocycles. The van der Waals surface area contributed by atoms with Gasteiger partial charge in [0.25, 0.3) is 6.71 Å². The van der Waals surface area contributed by atoms with Crippen LogP contribution < -0.4 is 41.7 Å². The molecule has 0 radical (unpaired) electrons. The Kier molecular flexibility index (Phi) is 7.70. The number of rotatable bonds is 5. The van der Waals surface area contributed by atoms with Gasteiger partial charge in [-0.3, -0.25) is 0 Å². The standard InChI is InChI=1S/C47H49BN2Si3/c1-51(2,3)36-24-20-34(21-25-36)49-43-30-38(53(7,8)9)31-44-45(43)48(41-28-18-32-14-10-12-16-39(32)46(41)49)42-29-19-33-15-11-13-17-40(33)47(42)50(44)35-22-26-37(27-23-35)52(4,5)6/h10-31H,1-9H3. The highest BCUT2D eigenvalue weighted by Gasteiger charge is 2.45. The molecule has 53 heavy (non-hydrogen) atoms. The zero-order valence-corrected chi connectivity index (χ0v) is 35.7. The Morgan fingerprint density at radius 2 is 0.774 bits per heavy atom. The van der Waals surface area contributed by atoms with E-state index in [1.165, 1.54) is 87.6 Å². The fraction of sp³-hybridized carbons (Fsp3) is 0.191. The van der Waals surface area contributed by atoms with Gasteiger partial charge < -0.3 is 9.80 Å². The van der Waals surface area contributed by atoms with Crippen molar-refractivity contribution >= 4 is 119 Å². The Labute approximate surface area is 319 Å². The van der Waals surface area contributed by atoms with Gasteiger partial charge in [-0.1, -0.05) is 172 Å². The average Bonchev–Trinajstić information content (AvgIpc) is 3.13. The summed E-state index contributed by atoms with van der Waals surface area (Å²) in [6, 6.07) is 51.9. The fourth-order valence-corrected chi connectivity index (χ4v) is 12.2. The van der Waals surface area contributed by atoms with E-state index in [2.05, 4.69) is 202 Å². The van der Waals surface area contributed by atoms with Crippen LogP contribution in [0.3, 0.4) is 0 Å². The number of nitrogens with zero attached hydrogens (tertiary/aromatic N) is 2. The average molecular weight is 737 g/mol. The molecule has 262 valence electrons. The number of anilines is 6. The van der Waals surface area contributed by atoms with Gasteiger partial charge in [0.05, 0.1) is 24.2 Å². The lowest BCUT2D eigenvalue weighted by atomic mass is 9.33. The molecule has 0 amide bonds. The Balaban J connectivity index is 1.43. The summed E-state index contributed by atoms with van der Waals surface area (Å²) in [6.45, 7) is 22.2. The highest BCUT2D eigenvalue weighted by atomic mass is 28.3. The summed E-state index contributed by atoms with van der Waals surface area (Å²) in [5.41, 5.74) is 11.9. The number of hydrogen-bond donors (Lipinski definition) is 0. The van der Waals surface area contributed by atoms with Crippen molar-refractivity contribution < 1.29 is 0 Å². The van der Waals surface area contributed by atoms with Gasteiger partial charge in [0.1, 0.15) is 0 Å². The molecule has 2 aliphatic rings. The quantitative estimate of drug-likeness (QED) is 0.163. The van der Waals surface area contributed by atoms with Crippen LogP contribution in [0, 0.1) is 0 Å². The molecule has 9 rings (SSSR count). The molecule has 0 atom stereocenters. The van der Waals surface area contributed by atoms with Crippen molar-refractivity contribution in [3.8, 4) is 0 Å². The summed E-state index contributed by atoms with van der Waals surface area (Å²) in [4.78, 5) is 5.26. The summed E-state index contributed by atoms with van der Waals surface area (Å²) < 4.78 is 0. The molecule has 2 nitrogen and oxygen atoms in total. The van der Waals surface area contributed by atoms with Crippen molar-refractivity contribution in [3.05, 3.63) is 133 Å². The van der Waals surface area contributed by atoms with Crippen LogP contribution >= 0.6 is 0 Å². The zero-order chi connectivity index (χ0) is 37.0. The zero-order valence-electron chi connectivity index (χ0n) is 32.7. The predicted molar refractivity (Wildman–Crippen MR) is 244 cm³/mol. The van der Waals surface area contributed by atoms with Crippen molar-refractivity contribution in [1.29, 1.82) is 0 Å². The molecule has 0 saturated heterocycles. The topological polar surface area (TPSA) is 6.48 Å². The minimum Gasteiger partial charge on any atom is -0.311 e. The lowest BCUT2D eigenvalue weighted by Gasteiger charge is -2.45. The first-order chi connectivity index (χ1) is 25.2. The van der Waals surface area contributed by atoms with Gasteiger partial charge in [-0.15, -0.1) is 0 Å². The third kappa shape index (κ3) is 5.48. The molecule has 0 fully saturated rings. The van der Waals surface area contributed by atoms with E-state index in [-0.39, 0.29) is 6.71 Å². The molecule has 0 aliphatic carbocycles. The van der Waals surface area contributed by atoms with Crippen molar-refractivity contribution in [2.24, 2.45) is 0 Å². The molecule has 6 heteroatoms. The van der Waals surface area contributed by atoms with Crippen molar-refractivity contribution in [2.75, 3.05) is 9.80 Å². The van der Waals surface area contributed by atoms with E-state index in [1.807, 2.05) is 0 Å². The normalized spacial score (nSPS) is 14.0. The Bertz CT molecular complexity index is 2410. The summed E-state index contributed by atoms with van der Waals surface area (Å²) in [5.74, 6) is 0. The summed E-state index contributed by atoms with van der Waals surface area (Å²) >= 11 is 0. The second-order valence-corrected chi connectivity index (χ2v) is 33.6.